The number of hydrogen-bond acceptors (Lipinski definition) is 3. The molecule has 1 saturated heterocycles. The van der Waals surface area contributed by atoms with Crippen molar-refractivity contribution < 1.29 is 8.42 Å². The maximum Gasteiger partial charge on any atom is 0.214 e. The van der Waals surface area contributed by atoms with Gasteiger partial charge in [-0.15, -0.1) is 0 Å². The zero-order chi connectivity index (χ0) is 13.6. The first kappa shape index (κ1) is 15.9. The van der Waals surface area contributed by atoms with E-state index in [0.717, 1.165) is 32.5 Å². The minimum Gasteiger partial charge on any atom is -0.314 e. The summed E-state index contributed by atoms with van der Waals surface area (Å²) in [5.74, 6) is 0.839. The lowest BCUT2D eigenvalue weighted by Gasteiger charge is -2.31. The molecule has 0 aromatic heterocycles. The van der Waals surface area contributed by atoms with Gasteiger partial charge >= 0.3 is 0 Å². The maximum absolute atomic E-state index is 12.2. The summed E-state index contributed by atoms with van der Waals surface area (Å²) in [5.41, 5.74) is 0. The summed E-state index contributed by atoms with van der Waals surface area (Å²) in [7, 11) is -3.03. The van der Waals surface area contributed by atoms with Gasteiger partial charge in [0.15, 0.2) is 0 Å². The van der Waals surface area contributed by atoms with Crippen LogP contribution in [0.2, 0.25) is 0 Å². The summed E-state index contributed by atoms with van der Waals surface area (Å²) < 4.78 is 26.1. The molecule has 108 valence electrons. The van der Waals surface area contributed by atoms with Crippen molar-refractivity contribution in [3.8, 4) is 0 Å². The monoisotopic (exact) mass is 276 g/mol. The van der Waals surface area contributed by atoms with Crippen LogP contribution in [0.1, 0.15) is 46.5 Å². The zero-order valence-corrected chi connectivity index (χ0v) is 12.8. The van der Waals surface area contributed by atoms with Crippen molar-refractivity contribution in [3.63, 3.8) is 0 Å². The Morgan fingerprint density at radius 3 is 2.72 bits per heavy atom. The van der Waals surface area contributed by atoms with Crippen LogP contribution in [0.15, 0.2) is 0 Å². The highest BCUT2D eigenvalue weighted by atomic mass is 32.2. The van der Waals surface area contributed by atoms with E-state index in [4.69, 9.17) is 0 Å². The molecule has 0 aromatic rings. The van der Waals surface area contributed by atoms with Crippen LogP contribution in [0, 0.1) is 5.92 Å². The van der Waals surface area contributed by atoms with Crippen LogP contribution in [-0.4, -0.2) is 44.2 Å². The molecule has 4 nitrogen and oxygen atoms in total. The second kappa shape index (κ2) is 7.46. The summed E-state index contributed by atoms with van der Waals surface area (Å²) in [5, 5.41) is 3.26. The van der Waals surface area contributed by atoms with Crippen LogP contribution in [-0.2, 0) is 10.0 Å². The number of hydrogen-bond donors (Lipinski definition) is 1. The van der Waals surface area contributed by atoms with E-state index in [9.17, 15) is 8.42 Å². The first-order chi connectivity index (χ1) is 8.45. The van der Waals surface area contributed by atoms with Crippen molar-refractivity contribution in [1.29, 1.82) is 0 Å². The van der Waals surface area contributed by atoms with Gasteiger partial charge < -0.3 is 5.32 Å². The third kappa shape index (κ3) is 5.24. The van der Waals surface area contributed by atoms with Gasteiger partial charge in [0.05, 0.1) is 5.75 Å². The Bertz CT molecular complexity index is 328. The van der Waals surface area contributed by atoms with Crippen molar-refractivity contribution >= 4 is 10.0 Å². The predicted octanol–water partition coefficient (Wildman–Crippen LogP) is 1.83. The molecule has 0 amide bonds. The molecule has 1 N–H and O–H groups in total. The van der Waals surface area contributed by atoms with E-state index in [1.807, 2.05) is 0 Å². The SMILES string of the molecule is CCC1CCCN(S(=O)(=O)CCCNC(C)C)C1. The van der Waals surface area contributed by atoms with E-state index in [1.54, 1.807) is 4.31 Å². The number of rotatable bonds is 7. The number of piperidine rings is 1. The molecule has 1 heterocycles. The standard InChI is InChI=1S/C13H28N2O2S/c1-4-13-7-5-9-15(11-13)18(16,17)10-6-8-14-12(2)3/h12-14H,4-11H2,1-3H3. The highest BCUT2D eigenvalue weighted by Gasteiger charge is 2.27. The van der Waals surface area contributed by atoms with Crippen LogP contribution in [0.25, 0.3) is 0 Å². The molecule has 18 heavy (non-hydrogen) atoms. The lowest BCUT2D eigenvalue weighted by Crippen LogP contribution is -2.41. The molecular weight excluding hydrogens is 248 g/mol. The van der Waals surface area contributed by atoms with Gasteiger partial charge in [-0.25, -0.2) is 12.7 Å². The molecule has 0 aliphatic carbocycles. The van der Waals surface area contributed by atoms with Gasteiger partial charge in [-0.1, -0.05) is 27.2 Å². The molecule has 1 unspecified atom stereocenters. The van der Waals surface area contributed by atoms with Gasteiger partial charge in [0.25, 0.3) is 0 Å². The number of sulfonamides is 1. The highest BCUT2D eigenvalue weighted by Crippen LogP contribution is 2.21. The molecule has 1 aliphatic rings. The first-order valence-electron chi connectivity index (χ1n) is 7.17. The number of nitrogens with zero attached hydrogens (tertiary/aromatic N) is 1. The Labute approximate surface area is 112 Å². The maximum atomic E-state index is 12.2. The molecule has 0 radical (unpaired) electrons. The second-order valence-electron chi connectivity index (χ2n) is 5.55. The largest absolute Gasteiger partial charge is 0.314 e. The summed E-state index contributed by atoms with van der Waals surface area (Å²) in [6, 6.07) is 0.423. The van der Waals surface area contributed by atoms with Crippen molar-refractivity contribution in [2.24, 2.45) is 5.92 Å². The lowest BCUT2D eigenvalue weighted by atomic mass is 9.97. The average molecular weight is 276 g/mol. The fourth-order valence-corrected chi connectivity index (χ4v) is 4.00. The molecule has 1 aliphatic heterocycles. The quantitative estimate of drug-likeness (QED) is 0.722. The van der Waals surface area contributed by atoms with Gasteiger partial charge in [-0.2, -0.15) is 0 Å². The minimum atomic E-state index is -3.03. The van der Waals surface area contributed by atoms with E-state index in [2.05, 4.69) is 26.1 Å². The number of nitrogens with one attached hydrogen (secondary N) is 1. The van der Waals surface area contributed by atoms with Crippen molar-refractivity contribution in [1.82, 2.24) is 9.62 Å². The fourth-order valence-electron chi connectivity index (χ4n) is 2.39. The summed E-state index contributed by atoms with van der Waals surface area (Å²) in [6.07, 6.45) is 3.98. The molecule has 1 rings (SSSR count). The van der Waals surface area contributed by atoms with Gasteiger partial charge in [0, 0.05) is 19.1 Å². The van der Waals surface area contributed by atoms with Gasteiger partial charge in [-0.3, -0.25) is 0 Å². The molecular formula is C13H28N2O2S. The summed E-state index contributed by atoms with van der Waals surface area (Å²) in [4.78, 5) is 0. The zero-order valence-electron chi connectivity index (χ0n) is 12.0. The highest BCUT2D eigenvalue weighted by molar-refractivity contribution is 7.89. The van der Waals surface area contributed by atoms with Crippen LogP contribution in [0.4, 0.5) is 0 Å². The fraction of sp³-hybridized carbons (Fsp3) is 1.00. The lowest BCUT2D eigenvalue weighted by molar-refractivity contribution is 0.261. The second-order valence-corrected chi connectivity index (χ2v) is 7.64. The molecule has 0 spiro atoms. The van der Waals surface area contributed by atoms with Crippen LogP contribution < -0.4 is 5.32 Å². The van der Waals surface area contributed by atoms with Gasteiger partial charge in [-0.05, 0) is 31.7 Å². The van der Waals surface area contributed by atoms with Crippen LogP contribution >= 0.6 is 0 Å². The minimum absolute atomic E-state index is 0.281. The Morgan fingerprint density at radius 2 is 2.11 bits per heavy atom. The van der Waals surface area contributed by atoms with Gasteiger partial charge in [0.1, 0.15) is 0 Å². The molecule has 1 atom stereocenters. The normalized spacial score (nSPS) is 22.6. The van der Waals surface area contributed by atoms with Crippen LogP contribution in [0.3, 0.4) is 0 Å². The molecule has 5 heteroatoms. The third-order valence-electron chi connectivity index (χ3n) is 3.58. The topological polar surface area (TPSA) is 49.4 Å². The van der Waals surface area contributed by atoms with Crippen molar-refractivity contribution in [2.75, 3.05) is 25.4 Å². The Kier molecular flexibility index (Phi) is 6.60. The van der Waals surface area contributed by atoms with Crippen LogP contribution in [0.5, 0.6) is 0 Å². The van der Waals surface area contributed by atoms with E-state index in [1.165, 1.54) is 6.42 Å². The van der Waals surface area contributed by atoms with E-state index in [0.29, 0.717) is 18.4 Å². The average Bonchev–Trinajstić information content (AvgIpc) is 2.34. The van der Waals surface area contributed by atoms with E-state index < -0.39 is 10.0 Å². The Hall–Kier alpha value is -0.130. The molecule has 0 saturated carbocycles. The molecule has 0 aromatic carbocycles. The van der Waals surface area contributed by atoms with Gasteiger partial charge in [0.2, 0.25) is 10.0 Å². The Balaban J connectivity index is 2.38. The first-order valence-corrected chi connectivity index (χ1v) is 8.77. The molecule has 0 bridgehead atoms. The third-order valence-corrected chi connectivity index (χ3v) is 5.51. The Morgan fingerprint density at radius 1 is 1.39 bits per heavy atom. The van der Waals surface area contributed by atoms with Crippen molar-refractivity contribution in [3.05, 3.63) is 0 Å². The smallest absolute Gasteiger partial charge is 0.214 e. The summed E-state index contributed by atoms with van der Waals surface area (Å²) >= 11 is 0. The summed E-state index contributed by atoms with van der Waals surface area (Å²) in [6.45, 7) is 8.53. The van der Waals surface area contributed by atoms with E-state index >= 15 is 0 Å². The van der Waals surface area contributed by atoms with Crippen molar-refractivity contribution in [2.45, 2.75) is 52.5 Å². The molecule has 1 fully saturated rings. The predicted molar refractivity (Wildman–Crippen MR) is 76.1 cm³/mol. The van der Waals surface area contributed by atoms with E-state index in [-0.39, 0.29) is 5.75 Å².